The number of aromatic amines is 1. The Kier molecular flexibility index (Phi) is 2.60. The van der Waals surface area contributed by atoms with Gasteiger partial charge in [0, 0.05) is 24.5 Å². The molecular formula is C17H16N4O. The van der Waals surface area contributed by atoms with Crippen LogP contribution >= 0.6 is 0 Å². The second kappa shape index (κ2) is 4.40. The van der Waals surface area contributed by atoms with Gasteiger partial charge in [-0.15, -0.1) is 0 Å². The second-order valence-corrected chi connectivity index (χ2v) is 6.21. The molecule has 0 bridgehead atoms. The molecule has 1 aliphatic heterocycles. The van der Waals surface area contributed by atoms with Crippen LogP contribution in [0.5, 0.6) is 0 Å². The van der Waals surface area contributed by atoms with Crippen LogP contribution in [0.3, 0.4) is 0 Å². The van der Waals surface area contributed by atoms with Crippen LogP contribution in [0.25, 0.3) is 11.0 Å². The molecule has 0 unspecified atom stereocenters. The monoisotopic (exact) mass is 292 g/mol. The summed E-state index contributed by atoms with van der Waals surface area (Å²) >= 11 is 0. The molecule has 2 aromatic heterocycles. The number of nitrogens with one attached hydrogen (secondary N) is 2. The van der Waals surface area contributed by atoms with E-state index < -0.39 is 5.41 Å². The number of aromatic nitrogens is 3. The van der Waals surface area contributed by atoms with Gasteiger partial charge in [-0.05, 0) is 49.2 Å². The quantitative estimate of drug-likeness (QED) is 0.763. The molecule has 1 amide bonds. The zero-order chi connectivity index (χ0) is 15.3. The Labute approximate surface area is 127 Å². The van der Waals surface area contributed by atoms with E-state index in [1.54, 1.807) is 12.4 Å². The predicted molar refractivity (Wildman–Crippen MR) is 84.8 cm³/mol. The topological polar surface area (TPSA) is 70.7 Å². The number of anilines is 1. The number of imidazole rings is 1. The average Bonchev–Trinajstić information content (AvgIpc) is 2.97. The molecule has 22 heavy (non-hydrogen) atoms. The van der Waals surface area contributed by atoms with Gasteiger partial charge in [-0.1, -0.05) is 0 Å². The standard InChI is InChI=1S/C17H16N4O/c1-17(2)11-8-13-14(9-12(11)21-16(17)22)20-15(19-13)7-10-3-5-18-6-4-10/h3-6,8-9H,7H2,1-2H3,(H,19,20)(H,21,22). The van der Waals surface area contributed by atoms with Crippen LogP contribution in [0, 0.1) is 0 Å². The van der Waals surface area contributed by atoms with Crippen LogP contribution in [0.15, 0.2) is 36.7 Å². The van der Waals surface area contributed by atoms with Crippen molar-refractivity contribution in [2.75, 3.05) is 5.32 Å². The van der Waals surface area contributed by atoms with Gasteiger partial charge in [0.15, 0.2) is 0 Å². The number of hydrogen-bond acceptors (Lipinski definition) is 3. The lowest BCUT2D eigenvalue weighted by atomic mass is 9.86. The zero-order valence-electron chi connectivity index (χ0n) is 12.5. The van der Waals surface area contributed by atoms with Crippen molar-refractivity contribution in [2.24, 2.45) is 0 Å². The maximum atomic E-state index is 12.0. The first-order valence-electron chi connectivity index (χ1n) is 7.27. The predicted octanol–water partition coefficient (Wildman–Crippen LogP) is 2.78. The minimum Gasteiger partial charge on any atom is -0.342 e. The van der Waals surface area contributed by atoms with Gasteiger partial charge in [0.25, 0.3) is 0 Å². The first-order chi connectivity index (χ1) is 10.5. The van der Waals surface area contributed by atoms with Crippen LogP contribution < -0.4 is 5.32 Å². The zero-order valence-corrected chi connectivity index (χ0v) is 12.5. The number of carbonyl (C=O) groups is 1. The molecule has 0 fully saturated rings. The molecule has 0 spiro atoms. The highest BCUT2D eigenvalue weighted by atomic mass is 16.2. The van der Waals surface area contributed by atoms with Crippen molar-refractivity contribution >= 4 is 22.6 Å². The van der Waals surface area contributed by atoms with Gasteiger partial charge in [-0.25, -0.2) is 4.98 Å². The van der Waals surface area contributed by atoms with E-state index in [2.05, 4.69) is 20.3 Å². The molecule has 0 aliphatic carbocycles. The Hall–Kier alpha value is -2.69. The highest BCUT2D eigenvalue weighted by Gasteiger charge is 2.38. The SMILES string of the molecule is CC1(C)C(=O)Nc2cc3[nH]c(Cc4ccncc4)nc3cc21. The molecule has 5 nitrogen and oxygen atoms in total. The van der Waals surface area contributed by atoms with Gasteiger partial charge < -0.3 is 10.3 Å². The summed E-state index contributed by atoms with van der Waals surface area (Å²) < 4.78 is 0. The van der Waals surface area contributed by atoms with Gasteiger partial charge in [-0.2, -0.15) is 0 Å². The first kappa shape index (κ1) is 13.0. The van der Waals surface area contributed by atoms with Gasteiger partial charge >= 0.3 is 0 Å². The number of hydrogen-bond donors (Lipinski definition) is 2. The second-order valence-electron chi connectivity index (χ2n) is 6.21. The Morgan fingerprint density at radius 2 is 1.95 bits per heavy atom. The molecule has 3 aromatic rings. The van der Waals surface area contributed by atoms with E-state index in [-0.39, 0.29) is 5.91 Å². The number of nitrogens with zero attached hydrogens (tertiary/aromatic N) is 2. The van der Waals surface area contributed by atoms with Gasteiger partial charge in [-0.3, -0.25) is 9.78 Å². The van der Waals surface area contributed by atoms with E-state index in [4.69, 9.17) is 0 Å². The maximum Gasteiger partial charge on any atom is 0.234 e. The molecule has 1 aliphatic rings. The van der Waals surface area contributed by atoms with E-state index in [0.717, 1.165) is 40.1 Å². The van der Waals surface area contributed by atoms with Crippen molar-refractivity contribution in [3.63, 3.8) is 0 Å². The maximum absolute atomic E-state index is 12.0. The van der Waals surface area contributed by atoms with E-state index in [1.807, 2.05) is 38.1 Å². The summed E-state index contributed by atoms with van der Waals surface area (Å²) in [4.78, 5) is 24.0. The van der Waals surface area contributed by atoms with Crippen molar-refractivity contribution in [1.82, 2.24) is 15.0 Å². The molecule has 0 atom stereocenters. The molecule has 5 heteroatoms. The van der Waals surface area contributed by atoms with Crippen LogP contribution in [0.1, 0.15) is 30.8 Å². The molecule has 1 aromatic carbocycles. The third kappa shape index (κ3) is 1.89. The van der Waals surface area contributed by atoms with Crippen LogP contribution in [-0.4, -0.2) is 20.9 Å². The molecule has 110 valence electrons. The first-order valence-corrected chi connectivity index (χ1v) is 7.27. The lowest BCUT2D eigenvalue weighted by Crippen LogP contribution is -2.26. The number of amides is 1. The number of pyridine rings is 1. The molecular weight excluding hydrogens is 276 g/mol. The van der Waals surface area contributed by atoms with Crippen molar-refractivity contribution in [1.29, 1.82) is 0 Å². The third-order valence-electron chi connectivity index (χ3n) is 4.28. The molecule has 0 saturated heterocycles. The summed E-state index contributed by atoms with van der Waals surface area (Å²) in [6.45, 7) is 3.87. The summed E-state index contributed by atoms with van der Waals surface area (Å²) in [5.41, 5.74) is 4.38. The Balaban J connectivity index is 1.76. The third-order valence-corrected chi connectivity index (χ3v) is 4.28. The van der Waals surface area contributed by atoms with Crippen molar-refractivity contribution in [3.05, 3.63) is 53.6 Å². The van der Waals surface area contributed by atoms with Crippen LogP contribution in [0.4, 0.5) is 5.69 Å². The molecule has 4 rings (SSSR count). The fraction of sp³-hybridized carbons (Fsp3) is 0.235. The average molecular weight is 292 g/mol. The Morgan fingerprint density at radius 3 is 2.73 bits per heavy atom. The van der Waals surface area contributed by atoms with Crippen LogP contribution in [0.2, 0.25) is 0 Å². The fourth-order valence-electron chi connectivity index (χ4n) is 2.91. The largest absolute Gasteiger partial charge is 0.342 e. The number of H-pyrrole nitrogens is 1. The smallest absolute Gasteiger partial charge is 0.234 e. The van der Waals surface area contributed by atoms with Crippen molar-refractivity contribution < 1.29 is 4.79 Å². The Morgan fingerprint density at radius 1 is 1.18 bits per heavy atom. The number of benzene rings is 1. The summed E-state index contributed by atoms with van der Waals surface area (Å²) in [6, 6.07) is 7.95. The summed E-state index contributed by atoms with van der Waals surface area (Å²) in [7, 11) is 0. The highest BCUT2D eigenvalue weighted by molar-refractivity contribution is 6.07. The minimum atomic E-state index is -0.506. The number of rotatable bonds is 2. The summed E-state index contributed by atoms with van der Waals surface area (Å²) in [6.07, 6.45) is 4.30. The number of fused-ring (bicyclic) bond motifs is 2. The molecule has 2 N–H and O–H groups in total. The molecule has 0 radical (unpaired) electrons. The van der Waals surface area contributed by atoms with E-state index >= 15 is 0 Å². The van der Waals surface area contributed by atoms with Crippen LogP contribution in [-0.2, 0) is 16.6 Å². The van der Waals surface area contributed by atoms with Crippen molar-refractivity contribution in [3.8, 4) is 0 Å². The van der Waals surface area contributed by atoms with Gasteiger partial charge in [0.1, 0.15) is 5.82 Å². The van der Waals surface area contributed by atoms with E-state index in [0.29, 0.717) is 0 Å². The van der Waals surface area contributed by atoms with Crippen molar-refractivity contribution in [2.45, 2.75) is 25.7 Å². The summed E-state index contributed by atoms with van der Waals surface area (Å²) in [5.74, 6) is 0.946. The van der Waals surface area contributed by atoms with E-state index in [9.17, 15) is 4.79 Å². The lowest BCUT2D eigenvalue weighted by molar-refractivity contribution is -0.119. The lowest BCUT2D eigenvalue weighted by Gasteiger charge is -2.14. The minimum absolute atomic E-state index is 0.0344. The van der Waals surface area contributed by atoms with Gasteiger partial charge in [0.05, 0.1) is 16.4 Å². The normalized spacial score (nSPS) is 15.8. The number of carbonyl (C=O) groups excluding carboxylic acids is 1. The molecule has 0 saturated carbocycles. The molecule has 3 heterocycles. The summed E-state index contributed by atoms with van der Waals surface area (Å²) in [5, 5.41) is 2.94. The van der Waals surface area contributed by atoms with Gasteiger partial charge in [0.2, 0.25) is 5.91 Å². The highest BCUT2D eigenvalue weighted by Crippen LogP contribution is 2.39. The van der Waals surface area contributed by atoms with E-state index in [1.165, 1.54) is 0 Å². The fourth-order valence-corrected chi connectivity index (χ4v) is 2.91. The Bertz CT molecular complexity index is 880.